The maximum Gasteiger partial charge on any atom is 0.227 e. The number of rotatable bonds is 4. The zero-order chi connectivity index (χ0) is 20.4. The summed E-state index contributed by atoms with van der Waals surface area (Å²) in [5.74, 6) is 2.30. The number of amides is 1. The van der Waals surface area contributed by atoms with Gasteiger partial charge in [0.15, 0.2) is 0 Å². The second-order valence-corrected chi connectivity index (χ2v) is 7.76. The van der Waals surface area contributed by atoms with Gasteiger partial charge >= 0.3 is 0 Å². The van der Waals surface area contributed by atoms with Crippen molar-refractivity contribution in [3.05, 3.63) is 59.1 Å². The Morgan fingerprint density at radius 2 is 2.00 bits per heavy atom. The molecule has 3 aromatic rings. The number of piperidine rings is 1. The summed E-state index contributed by atoms with van der Waals surface area (Å²) in [4.78, 5) is 23.7. The first-order chi connectivity index (χ1) is 14.0. The number of hydrogen-bond acceptors (Lipinski definition) is 5. The number of benzene rings is 1. The minimum Gasteiger partial charge on any atom is -0.441 e. The predicted molar refractivity (Wildman–Crippen MR) is 114 cm³/mol. The van der Waals surface area contributed by atoms with Crippen molar-refractivity contribution in [1.29, 1.82) is 0 Å². The fourth-order valence-corrected chi connectivity index (χ4v) is 3.61. The molecule has 1 aliphatic heterocycles. The lowest BCUT2D eigenvalue weighted by Crippen LogP contribution is -2.38. The molecule has 6 nitrogen and oxygen atoms in total. The SMILES string of the molecule is Cc1nc(-c2cccc(NC(=O)C3CCN(c4ccc(Cl)cn4)CC3)c2)oc1C. The first kappa shape index (κ1) is 19.5. The number of carbonyl (C=O) groups excluding carboxylic acids is 1. The Balaban J connectivity index is 1.37. The maximum absolute atomic E-state index is 12.8. The first-order valence-electron chi connectivity index (χ1n) is 9.71. The van der Waals surface area contributed by atoms with Crippen LogP contribution in [0, 0.1) is 19.8 Å². The minimum atomic E-state index is -0.0200. The Morgan fingerprint density at radius 1 is 1.21 bits per heavy atom. The van der Waals surface area contributed by atoms with Gasteiger partial charge in [0.1, 0.15) is 11.6 Å². The second kappa shape index (κ2) is 8.25. The summed E-state index contributed by atoms with van der Waals surface area (Å²) in [5, 5.41) is 3.67. The number of anilines is 2. The molecule has 1 fully saturated rings. The third kappa shape index (κ3) is 4.43. The molecule has 3 heterocycles. The van der Waals surface area contributed by atoms with Gasteiger partial charge in [-0.25, -0.2) is 9.97 Å². The highest BCUT2D eigenvalue weighted by Gasteiger charge is 2.25. The summed E-state index contributed by atoms with van der Waals surface area (Å²) in [6, 6.07) is 11.4. The zero-order valence-electron chi connectivity index (χ0n) is 16.5. The Morgan fingerprint density at radius 3 is 2.66 bits per heavy atom. The quantitative estimate of drug-likeness (QED) is 0.664. The molecule has 0 atom stereocenters. The third-order valence-electron chi connectivity index (χ3n) is 5.31. The van der Waals surface area contributed by atoms with E-state index in [-0.39, 0.29) is 11.8 Å². The number of hydrogen-bond donors (Lipinski definition) is 1. The van der Waals surface area contributed by atoms with Crippen molar-refractivity contribution >= 4 is 29.0 Å². The van der Waals surface area contributed by atoms with Gasteiger partial charge in [-0.15, -0.1) is 0 Å². The molecule has 1 aromatic carbocycles. The molecule has 1 saturated heterocycles. The fraction of sp³-hybridized carbons (Fsp3) is 0.318. The summed E-state index contributed by atoms with van der Waals surface area (Å²) in [5.41, 5.74) is 2.47. The van der Waals surface area contributed by atoms with Crippen LogP contribution < -0.4 is 10.2 Å². The Kier molecular flexibility index (Phi) is 5.53. The molecule has 7 heteroatoms. The van der Waals surface area contributed by atoms with Gasteiger partial charge in [-0.05, 0) is 57.0 Å². The number of nitrogens with one attached hydrogen (secondary N) is 1. The third-order valence-corrected chi connectivity index (χ3v) is 5.53. The van der Waals surface area contributed by atoms with E-state index in [0.29, 0.717) is 10.9 Å². The number of aromatic nitrogens is 2. The number of pyridine rings is 1. The van der Waals surface area contributed by atoms with Crippen LogP contribution in [-0.2, 0) is 4.79 Å². The molecule has 0 radical (unpaired) electrons. The molecule has 0 unspecified atom stereocenters. The van der Waals surface area contributed by atoms with Crippen molar-refractivity contribution in [3.8, 4) is 11.5 Å². The van der Waals surface area contributed by atoms with Crippen molar-refractivity contribution in [3.63, 3.8) is 0 Å². The van der Waals surface area contributed by atoms with Crippen molar-refractivity contribution in [2.75, 3.05) is 23.3 Å². The molecule has 0 spiro atoms. The van der Waals surface area contributed by atoms with Crippen LogP contribution in [-0.4, -0.2) is 29.0 Å². The highest BCUT2D eigenvalue weighted by atomic mass is 35.5. The van der Waals surface area contributed by atoms with E-state index in [1.165, 1.54) is 0 Å². The lowest BCUT2D eigenvalue weighted by molar-refractivity contribution is -0.120. The van der Waals surface area contributed by atoms with Crippen molar-refractivity contribution < 1.29 is 9.21 Å². The van der Waals surface area contributed by atoms with Crippen LogP contribution in [0.1, 0.15) is 24.3 Å². The van der Waals surface area contributed by atoms with E-state index >= 15 is 0 Å². The van der Waals surface area contributed by atoms with E-state index < -0.39 is 0 Å². The second-order valence-electron chi connectivity index (χ2n) is 7.33. The molecule has 1 amide bonds. The van der Waals surface area contributed by atoms with Gasteiger partial charge in [0.25, 0.3) is 0 Å². The van der Waals surface area contributed by atoms with Gasteiger partial charge in [-0.2, -0.15) is 0 Å². The average Bonchev–Trinajstić information content (AvgIpc) is 3.07. The molecule has 0 aliphatic carbocycles. The monoisotopic (exact) mass is 410 g/mol. The van der Waals surface area contributed by atoms with Gasteiger partial charge in [-0.1, -0.05) is 17.7 Å². The largest absolute Gasteiger partial charge is 0.441 e. The normalized spacial score (nSPS) is 14.8. The molecule has 1 aliphatic rings. The smallest absolute Gasteiger partial charge is 0.227 e. The highest BCUT2D eigenvalue weighted by Crippen LogP contribution is 2.26. The Bertz CT molecular complexity index is 988. The first-order valence-corrected chi connectivity index (χ1v) is 10.1. The summed E-state index contributed by atoms with van der Waals surface area (Å²) < 4.78 is 5.69. The summed E-state index contributed by atoms with van der Waals surface area (Å²) in [7, 11) is 0. The maximum atomic E-state index is 12.8. The van der Waals surface area contributed by atoms with E-state index in [1.54, 1.807) is 6.20 Å². The average molecular weight is 411 g/mol. The molecule has 29 heavy (non-hydrogen) atoms. The molecular weight excluding hydrogens is 388 g/mol. The topological polar surface area (TPSA) is 71.3 Å². The summed E-state index contributed by atoms with van der Waals surface area (Å²) in [6.07, 6.45) is 3.22. The summed E-state index contributed by atoms with van der Waals surface area (Å²) in [6.45, 7) is 5.40. The van der Waals surface area contributed by atoms with Gasteiger partial charge in [-0.3, -0.25) is 4.79 Å². The van der Waals surface area contributed by atoms with Crippen LogP contribution in [0.3, 0.4) is 0 Å². The lowest BCUT2D eigenvalue weighted by atomic mass is 9.95. The van der Waals surface area contributed by atoms with Gasteiger partial charge < -0.3 is 14.6 Å². The van der Waals surface area contributed by atoms with E-state index in [1.807, 2.05) is 50.2 Å². The number of oxazole rings is 1. The van der Waals surface area contributed by atoms with E-state index in [4.69, 9.17) is 16.0 Å². The number of halogens is 1. The van der Waals surface area contributed by atoms with Crippen LogP contribution in [0.4, 0.5) is 11.5 Å². The van der Waals surface area contributed by atoms with Crippen LogP contribution in [0.25, 0.3) is 11.5 Å². The van der Waals surface area contributed by atoms with Crippen LogP contribution in [0.5, 0.6) is 0 Å². The summed E-state index contributed by atoms with van der Waals surface area (Å²) >= 11 is 5.91. The predicted octanol–water partition coefficient (Wildman–Crippen LogP) is 4.86. The van der Waals surface area contributed by atoms with Crippen LogP contribution in [0.2, 0.25) is 5.02 Å². The van der Waals surface area contributed by atoms with Crippen molar-refractivity contribution in [2.24, 2.45) is 5.92 Å². The molecular formula is C22H23ClN4O2. The van der Waals surface area contributed by atoms with E-state index in [0.717, 1.165) is 54.5 Å². The van der Waals surface area contributed by atoms with Crippen LogP contribution >= 0.6 is 11.6 Å². The van der Waals surface area contributed by atoms with E-state index in [9.17, 15) is 4.79 Å². The molecule has 1 N–H and O–H groups in total. The highest BCUT2D eigenvalue weighted by molar-refractivity contribution is 6.30. The van der Waals surface area contributed by atoms with Gasteiger partial charge in [0, 0.05) is 36.5 Å². The van der Waals surface area contributed by atoms with Crippen LogP contribution in [0.15, 0.2) is 47.0 Å². The molecule has 4 rings (SSSR count). The van der Waals surface area contributed by atoms with Gasteiger partial charge in [0.05, 0.1) is 10.7 Å². The molecule has 150 valence electrons. The van der Waals surface area contributed by atoms with Crippen molar-refractivity contribution in [2.45, 2.75) is 26.7 Å². The number of nitrogens with zero attached hydrogens (tertiary/aromatic N) is 3. The van der Waals surface area contributed by atoms with Gasteiger partial charge in [0.2, 0.25) is 11.8 Å². The molecule has 0 bridgehead atoms. The number of carbonyl (C=O) groups is 1. The Hall–Kier alpha value is -2.86. The molecule has 2 aromatic heterocycles. The number of aryl methyl sites for hydroxylation is 2. The standard InChI is InChI=1S/C22H23ClN4O2/c1-14-15(2)29-22(25-14)17-4-3-5-19(12-17)26-21(28)16-8-10-27(11-9-16)20-7-6-18(23)13-24-20/h3-7,12-13,16H,8-11H2,1-2H3,(H,26,28). The minimum absolute atomic E-state index is 0.0200. The lowest BCUT2D eigenvalue weighted by Gasteiger charge is -2.32. The van der Waals surface area contributed by atoms with Crippen molar-refractivity contribution in [1.82, 2.24) is 9.97 Å². The molecule has 0 saturated carbocycles. The van der Waals surface area contributed by atoms with E-state index in [2.05, 4.69) is 20.2 Å². The fourth-order valence-electron chi connectivity index (χ4n) is 3.50. The Labute approximate surface area is 174 Å². The zero-order valence-corrected chi connectivity index (χ0v) is 17.2.